The second kappa shape index (κ2) is 6.26. The molecule has 102 valence electrons. The van der Waals surface area contributed by atoms with Gasteiger partial charge in [-0.25, -0.2) is 8.78 Å². The molecule has 1 atom stereocenters. The van der Waals surface area contributed by atoms with Crippen molar-refractivity contribution in [3.8, 4) is 0 Å². The second-order valence-electron chi connectivity index (χ2n) is 4.46. The Labute approximate surface area is 116 Å². The highest BCUT2D eigenvalue weighted by molar-refractivity contribution is 7.12. The Bertz CT molecular complexity index is 531. The van der Waals surface area contributed by atoms with Crippen LogP contribution in [0, 0.1) is 18.6 Å². The van der Waals surface area contributed by atoms with Crippen LogP contribution < -0.4 is 5.32 Å². The minimum atomic E-state index is -0.476. The molecule has 2 rings (SSSR count). The van der Waals surface area contributed by atoms with Crippen LogP contribution in [0.1, 0.15) is 28.3 Å². The molecule has 2 aromatic rings. The number of halogens is 2. The minimum absolute atomic E-state index is 0.0462. The van der Waals surface area contributed by atoms with Gasteiger partial charge in [0.25, 0.3) is 0 Å². The Morgan fingerprint density at radius 1 is 1.16 bits per heavy atom. The van der Waals surface area contributed by atoms with Crippen LogP contribution >= 0.6 is 11.3 Å². The van der Waals surface area contributed by atoms with Crippen LogP contribution in [-0.4, -0.2) is 6.54 Å². The quantitative estimate of drug-likeness (QED) is 0.865. The van der Waals surface area contributed by atoms with Gasteiger partial charge in [0.2, 0.25) is 0 Å². The lowest BCUT2D eigenvalue weighted by atomic mass is 10.0. The zero-order valence-electron chi connectivity index (χ0n) is 11.0. The van der Waals surface area contributed by atoms with Crippen LogP contribution in [0.25, 0.3) is 0 Å². The van der Waals surface area contributed by atoms with E-state index < -0.39 is 11.6 Å². The smallest absolute Gasteiger partial charge is 0.129 e. The molecule has 1 heterocycles. The van der Waals surface area contributed by atoms with Gasteiger partial charge in [-0.3, -0.25) is 0 Å². The Morgan fingerprint density at radius 2 is 1.84 bits per heavy atom. The number of nitrogens with one attached hydrogen (secondary N) is 1. The van der Waals surface area contributed by atoms with Gasteiger partial charge < -0.3 is 5.32 Å². The van der Waals surface area contributed by atoms with E-state index in [9.17, 15) is 8.78 Å². The first-order valence-electron chi connectivity index (χ1n) is 6.34. The SMILES string of the molecule is CCNC(Cc1c(F)cccc1F)c1ccc(C)s1. The first-order chi connectivity index (χ1) is 9.11. The maximum Gasteiger partial charge on any atom is 0.129 e. The fraction of sp³-hybridized carbons (Fsp3) is 0.333. The Balaban J connectivity index is 2.26. The molecular formula is C15H17F2NS. The lowest BCUT2D eigenvalue weighted by Gasteiger charge is -2.17. The Hall–Kier alpha value is -1.26. The lowest BCUT2D eigenvalue weighted by Crippen LogP contribution is -2.23. The van der Waals surface area contributed by atoms with E-state index in [1.165, 1.54) is 23.1 Å². The maximum atomic E-state index is 13.7. The van der Waals surface area contributed by atoms with E-state index in [4.69, 9.17) is 0 Å². The number of likely N-dealkylation sites (N-methyl/N-ethyl adjacent to an activating group) is 1. The van der Waals surface area contributed by atoms with Crippen LogP contribution in [0.4, 0.5) is 8.78 Å². The summed E-state index contributed by atoms with van der Waals surface area (Å²) in [6.45, 7) is 4.78. The highest BCUT2D eigenvalue weighted by Gasteiger charge is 2.17. The van der Waals surface area contributed by atoms with Crippen molar-refractivity contribution >= 4 is 11.3 Å². The fourth-order valence-corrected chi connectivity index (χ4v) is 3.04. The number of benzene rings is 1. The summed E-state index contributed by atoms with van der Waals surface area (Å²) in [5.41, 5.74) is 0.152. The summed E-state index contributed by atoms with van der Waals surface area (Å²) in [7, 11) is 0. The summed E-state index contributed by atoms with van der Waals surface area (Å²) in [5, 5.41) is 3.29. The summed E-state index contributed by atoms with van der Waals surface area (Å²) >= 11 is 1.66. The van der Waals surface area contributed by atoms with Gasteiger partial charge in [-0.05, 0) is 44.2 Å². The van der Waals surface area contributed by atoms with Crippen LogP contribution in [0.15, 0.2) is 30.3 Å². The molecule has 4 heteroatoms. The largest absolute Gasteiger partial charge is 0.309 e. The van der Waals surface area contributed by atoms with E-state index in [0.29, 0.717) is 6.42 Å². The molecule has 1 aromatic carbocycles. The summed E-state index contributed by atoms with van der Waals surface area (Å²) in [4.78, 5) is 2.31. The zero-order valence-corrected chi connectivity index (χ0v) is 11.9. The van der Waals surface area contributed by atoms with Crippen molar-refractivity contribution in [3.63, 3.8) is 0 Å². The van der Waals surface area contributed by atoms with Gasteiger partial charge in [-0.2, -0.15) is 0 Å². The predicted molar refractivity (Wildman–Crippen MR) is 75.5 cm³/mol. The average Bonchev–Trinajstić information content (AvgIpc) is 2.79. The van der Waals surface area contributed by atoms with Crippen molar-refractivity contribution in [2.45, 2.75) is 26.3 Å². The zero-order chi connectivity index (χ0) is 13.8. The van der Waals surface area contributed by atoms with Crippen LogP contribution in [0.2, 0.25) is 0 Å². The normalized spacial score (nSPS) is 12.6. The molecule has 19 heavy (non-hydrogen) atoms. The number of hydrogen-bond acceptors (Lipinski definition) is 2. The number of thiophene rings is 1. The fourth-order valence-electron chi connectivity index (χ4n) is 2.09. The molecule has 0 bridgehead atoms. The lowest BCUT2D eigenvalue weighted by molar-refractivity contribution is 0.503. The monoisotopic (exact) mass is 281 g/mol. The van der Waals surface area contributed by atoms with Gasteiger partial charge in [0.05, 0.1) is 0 Å². The van der Waals surface area contributed by atoms with Crippen molar-refractivity contribution in [3.05, 3.63) is 57.3 Å². The van der Waals surface area contributed by atoms with Gasteiger partial charge in [0.1, 0.15) is 11.6 Å². The van der Waals surface area contributed by atoms with E-state index in [1.807, 2.05) is 26.0 Å². The van der Waals surface area contributed by atoms with Crippen molar-refractivity contribution < 1.29 is 8.78 Å². The molecule has 0 radical (unpaired) electrons. The molecule has 1 nitrogen and oxygen atoms in total. The molecule has 0 aliphatic rings. The predicted octanol–water partition coefficient (Wildman–Crippen LogP) is 4.23. The third kappa shape index (κ3) is 3.39. The molecule has 1 aromatic heterocycles. The van der Waals surface area contributed by atoms with Crippen LogP contribution in [0.5, 0.6) is 0 Å². The van der Waals surface area contributed by atoms with Gasteiger partial charge in [-0.1, -0.05) is 13.0 Å². The molecule has 0 fully saturated rings. The molecular weight excluding hydrogens is 264 g/mol. The molecule has 1 N–H and O–H groups in total. The molecule has 0 aliphatic carbocycles. The van der Waals surface area contributed by atoms with E-state index in [0.717, 1.165) is 11.4 Å². The molecule has 0 aliphatic heterocycles. The highest BCUT2D eigenvalue weighted by Crippen LogP contribution is 2.27. The molecule has 0 spiro atoms. The summed E-state index contributed by atoms with van der Waals surface area (Å²) in [6.07, 6.45) is 0.326. The maximum absolute atomic E-state index is 13.7. The number of rotatable bonds is 5. The van der Waals surface area contributed by atoms with Crippen molar-refractivity contribution in [1.29, 1.82) is 0 Å². The van der Waals surface area contributed by atoms with E-state index in [2.05, 4.69) is 5.32 Å². The average molecular weight is 281 g/mol. The van der Waals surface area contributed by atoms with Crippen LogP contribution in [0.3, 0.4) is 0 Å². The van der Waals surface area contributed by atoms with Gasteiger partial charge in [0.15, 0.2) is 0 Å². The van der Waals surface area contributed by atoms with Gasteiger partial charge in [0, 0.05) is 21.4 Å². The molecule has 0 amide bonds. The van der Waals surface area contributed by atoms with Crippen LogP contribution in [-0.2, 0) is 6.42 Å². The first-order valence-corrected chi connectivity index (χ1v) is 7.16. The third-order valence-corrected chi connectivity index (χ3v) is 4.14. The molecule has 0 saturated carbocycles. The third-order valence-electron chi connectivity index (χ3n) is 3.03. The van der Waals surface area contributed by atoms with Crippen molar-refractivity contribution in [2.24, 2.45) is 0 Å². The van der Waals surface area contributed by atoms with Crippen molar-refractivity contribution in [2.75, 3.05) is 6.54 Å². The van der Waals surface area contributed by atoms with Gasteiger partial charge >= 0.3 is 0 Å². The summed E-state index contributed by atoms with van der Waals surface area (Å²) in [5.74, 6) is -0.952. The summed E-state index contributed by atoms with van der Waals surface area (Å²) in [6, 6.07) is 8.01. The van der Waals surface area contributed by atoms with E-state index in [-0.39, 0.29) is 11.6 Å². The molecule has 0 saturated heterocycles. The second-order valence-corrected chi connectivity index (χ2v) is 5.78. The highest BCUT2D eigenvalue weighted by atomic mass is 32.1. The number of hydrogen-bond donors (Lipinski definition) is 1. The topological polar surface area (TPSA) is 12.0 Å². The Morgan fingerprint density at radius 3 is 2.37 bits per heavy atom. The van der Waals surface area contributed by atoms with Crippen molar-refractivity contribution in [1.82, 2.24) is 5.32 Å². The minimum Gasteiger partial charge on any atom is -0.309 e. The van der Waals surface area contributed by atoms with Gasteiger partial charge in [-0.15, -0.1) is 11.3 Å². The standard InChI is InChI=1S/C15H17F2NS/c1-3-18-14(15-8-7-10(2)19-15)9-11-12(16)5-4-6-13(11)17/h4-8,14,18H,3,9H2,1-2H3. The molecule has 1 unspecified atom stereocenters. The Kier molecular flexibility index (Phi) is 4.66. The van der Waals surface area contributed by atoms with E-state index >= 15 is 0 Å². The first kappa shape index (κ1) is 14.2. The van der Waals surface area contributed by atoms with E-state index in [1.54, 1.807) is 11.3 Å². The number of aryl methyl sites for hydroxylation is 1. The summed E-state index contributed by atoms with van der Waals surface area (Å²) < 4.78 is 27.4.